The van der Waals surface area contributed by atoms with Crippen LogP contribution in [0, 0.1) is 0 Å². The highest BCUT2D eigenvalue weighted by molar-refractivity contribution is 7.47. The third-order valence-corrected chi connectivity index (χ3v) is 12.4. The molecular formula is C53H100NO8P. The summed E-state index contributed by atoms with van der Waals surface area (Å²) in [6, 6.07) is 0. The van der Waals surface area contributed by atoms with Crippen molar-refractivity contribution in [3.05, 3.63) is 36.5 Å². The van der Waals surface area contributed by atoms with Crippen molar-refractivity contribution in [2.24, 2.45) is 0 Å². The number of nitrogens with zero attached hydrogens (tertiary/aromatic N) is 1. The number of allylic oxidation sites excluding steroid dienone is 6. The largest absolute Gasteiger partial charge is 0.472 e. The zero-order valence-corrected chi connectivity index (χ0v) is 42.4. The molecule has 9 nitrogen and oxygen atoms in total. The van der Waals surface area contributed by atoms with Crippen molar-refractivity contribution in [3.8, 4) is 0 Å². The van der Waals surface area contributed by atoms with Crippen LogP contribution >= 0.6 is 7.82 Å². The highest BCUT2D eigenvalue weighted by Gasteiger charge is 2.26. The van der Waals surface area contributed by atoms with Gasteiger partial charge < -0.3 is 19.3 Å². The van der Waals surface area contributed by atoms with Gasteiger partial charge in [-0.3, -0.25) is 18.6 Å². The maximum Gasteiger partial charge on any atom is 0.472 e. The summed E-state index contributed by atoms with van der Waals surface area (Å²) >= 11 is 0. The molecule has 0 spiro atoms. The number of esters is 2. The van der Waals surface area contributed by atoms with Crippen molar-refractivity contribution in [2.75, 3.05) is 40.5 Å². The highest BCUT2D eigenvalue weighted by atomic mass is 31.2. The van der Waals surface area contributed by atoms with Gasteiger partial charge in [-0.1, -0.05) is 198 Å². The molecule has 370 valence electrons. The zero-order valence-electron chi connectivity index (χ0n) is 41.5. The van der Waals surface area contributed by atoms with Crippen LogP contribution in [-0.4, -0.2) is 68.3 Å². The third kappa shape index (κ3) is 49.5. The number of unbranched alkanes of at least 4 members (excludes halogenated alkanes) is 29. The molecule has 0 bridgehead atoms. The Morgan fingerprint density at radius 1 is 0.492 bits per heavy atom. The second-order valence-corrected chi connectivity index (χ2v) is 19.5. The fraction of sp³-hybridized carbons (Fsp3) is 0.849. The minimum Gasteiger partial charge on any atom is -0.462 e. The molecule has 1 N–H and O–H groups in total. The van der Waals surface area contributed by atoms with Gasteiger partial charge in [0, 0.05) is 19.4 Å². The van der Waals surface area contributed by atoms with Gasteiger partial charge in [-0.2, -0.15) is 0 Å². The quantitative estimate of drug-likeness (QED) is 0.0276. The van der Waals surface area contributed by atoms with Crippen LogP contribution in [0.2, 0.25) is 0 Å². The first-order valence-corrected chi connectivity index (χ1v) is 27.8. The normalized spacial score (nSPS) is 13.5. The lowest BCUT2D eigenvalue weighted by atomic mass is 10.0. The molecule has 0 fully saturated rings. The van der Waals surface area contributed by atoms with Crippen LogP contribution in [0.1, 0.15) is 245 Å². The zero-order chi connectivity index (χ0) is 46.2. The van der Waals surface area contributed by atoms with Gasteiger partial charge in [0.05, 0.1) is 13.2 Å². The van der Waals surface area contributed by atoms with Crippen molar-refractivity contribution in [1.29, 1.82) is 0 Å². The summed E-state index contributed by atoms with van der Waals surface area (Å²) in [6.07, 6.45) is 54.8. The molecule has 0 heterocycles. The number of hydrogen-bond donors (Lipinski definition) is 1. The molecule has 2 atom stereocenters. The molecular weight excluding hydrogens is 810 g/mol. The van der Waals surface area contributed by atoms with Crippen LogP contribution in [0.15, 0.2) is 36.5 Å². The van der Waals surface area contributed by atoms with E-state index in [2.05, 4.69) is 50.3 Å². The molecule has 0 aromatic rings. The number of carbonyl (C=O) groups excluding carboxylic acids is 2. The minimum atomic E-state index is -4.37. The number of phosphoric acid groups is 1. The molecule has 0 aliphatic rings. The maximum absolute atomic E-state index is 12.7. The van der Waals surface area contributed by atoms with E-state index in [0.717, 1.165) is 51.4 Å². The SMILES string of the molecule is CCCCC/C=C\C/C=C\CCCCCCCCCCCC(=O)OC(COC(=O)CCCCCCCCCCCCC/C=C\CCCCCCCC)COP(=O)(O)OCCN(C)C. The van der Waals surface area contributed by atoms with E-state index in [4.69, 9.17) is 18.5 Å². The molecule has 0 aromatic heterocycles. The summed E-state index contributed by atoms with van der Waals surface area (Å²) in [5.74, 6) is -0.799. The Kier molecular flexibility index (Phi) is 46.8. The van der Waals surface area contributed by atoms with Gasteiger partial charge in [0.15, 0.2) is 6.10 Å². The summed E-state index contributed by atoms with van der Waals surface area (Å²) in [7, 11) is -0.711. The van der Waals surface area contributed by atoms with Gasteiger partial charge in [-0.15, -0.1) is 0 Å². The average Bonchev–Trinajstić information content (AvgIpc) is 3.25. The van der Waals surface area contributed by atoms with E-state index in [9.17, 15) is 19.0 Å². The van der Waals surface area contributed by atoms with E-state index in [0.29, 0.717) is 13.0 Å². The van der Waals surface area contributed by atoms with Crippen molar-refractivity contribution in [1.82, 2.24) is 4.90 Å². The molecule has 2 unspecified atom stereocenters. The van der Waals surface area contributed by atoms with E-state index >= 15 is 0 Å². The van der Waals surface area contributed by atoms with E-state index < -0.39 is 26.5 Å². The van der Waals surface area contributed by atoms with Crippen molar-refractivity contribution in [3.63, 3.8) is 0 Å². The molecule has 0 aliphatic heterocycles. The standard InChI is InChI=1S/C53H100NO8P/c1-5-7-9-11-13-15-17-19-21-23-25-26-28-29-31-33-35-37-39-41-43-45-52(55)59-49-51(50-61-63(57,58)60-48-47-54(3)4)62-53(56)46-44-42-40-38-36-34-32-30-27-24-22-20-18-16-14-12-10-8-6-2/h14,16,19-22,51H,5-13,15,17-18,23-50H2,1-4H3,(H,57,58)/b16-14-,21-19-,22-20-. The lowest BCUT2D eigenvalue weighted by molar-refractivity contribution is -0.161. The Morgan fingerprint density at radius 2 is 0.857 bits per heavy atom. The Hall–Kier alpha value is -1.77. The Morgan fingerprint density at radius 3 is 1.30 bits per heavy atom. The fourth-order valence-corrected chi connectivity index (χ4v) is 8.10. The summed E-state index contributed by atoms with van der Waals surface area (Å²) in [4.78, 5) is 37.2. The summed E-state index contributed by atoms with van der Waals surface area (Å²) in [5.41, 5.74) is 0. The topological polar surface area (TPSA) is 112 Å². The molecule has 0 amide bonds. The molecule has 0 aromatic carbocycles. The van der Waals surface area contributed by atoms with Crippen LogP contribution in [0.3, 0.4) is 0 Å². The monoisotopic (exact) mass is 910 g/mol. The molecule has 0 saturated heterocycles. The third-order valence-electron chi connectivity index (χ3n) is 11.4. The second-order valence-electron chi connectivity index (χ2n) is 18.0. The van der Waals surface area contributed by atoms with E-state index in [1.54, 1.807) is 0 Å². The minimum absolute atomic E-state index is 0.00701. The molecule has 0 radical (unpaired) electrons. The van der Waals surface area contributed by atoms with Gasteiger partial charge in [0.2, 0.25) is 0 Å². The van der Waals surface area contributed by atoms with E-state index in [1.165, 1.54) is 161 Å². The number of rotatable bonds is 49. The molecule has 10 heteroatoms. The van der Waals surface area contributed by atoms with Gasteiger partial charge in [-0.25, -0.2) is 4.57 Å². The lowest BCUT2D eigenvalue weighted by Gasteiger charge is -2.20. The first-order valence-electron chi connectivity index (χ1n) is 26.3. The summed E-state index contributed by atoms with van der Waals surface area (Å²) in [6.45, 7) is 4.33. The highest BCUT2D eigenvalue weighted by Crippen LogP contribution is 2.43. The first-order chi connectivity index (χ1) is 30.7. The summed E-state index contributed by atoms with van der Waals surface area (Å²) < 4.78 is 33.6. The van der Waals surface area contributed by atoms with Crippen molar-refractivity contribution < 1.29 is 37.6 Å². The van der Waals surface area contributed by atoms with Gasteiger partial charge in [-0.05, 0) is 84.7 Å². The van der Waals surface area contributed by atoms with Gasteiger partial charge in [0.1, 0.15) is 6.61 Å². The van der Waals surface area contributed by atoms with Crippen LogP contribution < -0.4 is 0 Å². The predicted octanol–water partition coefficient (Wildman–Crippen LogP) is 15.9. The van der Waals surface area contributed by atoms with Crippen molar-refractivity contribution >= 4 is 19.8 Å². The smallest absolute Gasteiger partial charge is 0.462 e. The lowest BCUT2D eigenvalue weighted by Crippen LogP contribution is -2.29. The van der Waals surface area contributed by atoms with Crippen LogP contribution in [0.4, 0.5) is 0 Å². The number of carbonyl (C=O) groups is 2. The molecule has 0 saturated carbocycles. The average molecular weight is 910 g/mol. The number of phosphoric ester groups is 1. The number of hydrogen-bond acceptors (Lipinski definition) is 8. The second kappa shape index (κ2) is 48.2. The fourth-order valence-electron chi connectivity index (χ4n) is 7.36. The molecule has 0 rings (SSSR count). The maximum atomic E-state index is 12.7. The van der Waals surface area contributed by atoms with E-state index in [-0.39, 0.29) is 32.0 Å². The first kappa shape index (κ1) is 61.2. The van der Waals surface area contributed by atoms with Crippen LogP contribution in [0.5, 0.6) is 0 Å². The van der Waals surface area contributed by atoms with Gasteiger partial charge >= 0.3 is 19.8 Å². The molecule has 63 heavy (non-hydrogen) atoms. The predicted molar refractivity (Wildman–Crippen MR) is 266 cm³/mol. The van der Waals surface area contributed by atoms with E-state index in [1.807, 2.05) is 19.0 Å². The van der Waals surface area contributed by atoms with Crippen LogP contribution in [0.25, 0.3) is 0 Å². The van der Waals surface area contributed by atoms with Crippen molar-refractivity contribution in [2.45, 2.75) is 251 Å². The Bertz CT molecular complexity index is 1140. The van der Waals surface area contributed by atoms with Crippen LogP contribution in [-0.2, 0) is 32.7 Å². The van der Waals surface area contributed by atoms with Gasteiger partial charge in [0.25, 0.3) is 0 Å². The Balaban J connectivity index is 4.15. The summed E-state index contributed by atoms with van der Waals surface area (Å²) in [5, 5.41) is 0. The number of likely N-dealkylation sites (N-methyl/N-ethyl adjacent to an activating group) is 1. The number of ether oxygens (including phenoxy) is 2. The molecule has 0 aliphatic carbocycles. The Labute approximate surface area is 389 Å².